The van der Waals surface area contributed by atoms with Crippen molar-refractivity contribution in [2.75, 3.05) is 0 Å². The molecular weight excluding hydrogens is 317 g/mol. The molecule has 7 heteroatoms. The lowest BCUT2D eigenvalue weighted by atomic mass is 10.2. The molecular formula is C16H14FN3O2S. The lowest BCUT2D eigenvalue weighted by Gasteiger charge is -2.01. The van der Waals surface area contributed by atoms with Gasteiger partial charge in [-0.3, -0.25) is 4.79 Å². The molecule has 0 aliphatic heterocycles. The molecule has 2 aromatic heterocycles. The number of halogens is 1. The van der Waals surface area contributed by atoms with E-state index in [4.69, 9.17) is 4.52 Å². The topological polar surface area (TPSA) is 68.0 Å². The highest BCUT2D eigenvalue weighted by atomic mass is 32.1. The first-order valence-electron chi connectivity index (χ1n) is 7.08. The number of benzene rings is 1. The maximum Gasteiger partial charge on any atom is 0.227 e. The van der Waals surface area contributed by atoms with Crippen molar-refractivity contribution in [2.24, 2.45) is 0 Å². The van der Waals surface area contributed by atoms with E-state index in [0.717, 1.165) is 4.88 Å². The summed E-state index contributed by atoms with van der Waals surface area (Å²) < 4.78 is 18.3. The molecule has 0 unspecified atom stereocenters. The van der Waals surface area contributed by atoms with Gasteiger partial charge >= 0.3 is 0 Å². The zero-order chi connectivity index (χ0) is 16.1. The summed E-state index contributed by atoms with van der Waals surface area (Å²) in [6.45, 7) is 0.523. The average molecular weight is 331 g/mol. The first kappa shape index (κ1) is 15.4. The van der Waals surface area contributed by atoms with Crippen LogP contribution in [0.5, 0.6) is 0 Å². The van der Waals surface area contributed by atoms with Crippen LogP contribution in [0.1, 0.15) is 17.2 Å². The Morgan fingerprint density at radius 3 is 3.00 bits per heavy atom. The van der Waals surface area contributed by atoms with Crippen LogP contribution in [-0.4, -0.2) is 16.0 Å². The van der Waals surface area contributed by atoms with Crippen LogP contribution in [0.2, 0.25) is 0 Å². The summed E-state index contributed by atoms with van der Waals surface area (Å²) in [4.78, 5) is 17.1. The van der Waals surface area contributed by atoms with Crippen LogP contribution in [0.4, 0.5) is 4.39 Å². The van der Waals surface area contributed by atoms with Gasteiger partial charge in [-0.25, -0.2) is 4.39 Å². The van der Waals surface area contributed by atoms with Gasteiger partial charge in [-0.2, -0.15) is 4.98 Å². The van der Waals surface area contributed by atoms with Crippen LogP contribution in [-0.2, 0) is 17.8 Å². The fourth-order valence-electron chi connectivity index (χ4n) is 2.01. The van der Waals surface area contributed by atoms with Gasteiger partial charge in [-0.05, 0) is 23.6 Å². The highest BCUT2D eigenvalue weighted by Gasteiger charge is 2.11. The summed E-state index contributed by atoms with van der Waals surface area (Å²) in [5.41, 5.74) is 0.544. The molecule has 3 aromatic rings. The lowest BCUT2D eigenvalue weighted by molar-refractivity contribution is -0.121. The van der Waals surface area contributed by atoms with Gasteiger partial charge in [-0.15, -0.1) is 11.3 Å². The fourth-order valence-corrected chi connectivity index (χ4v) is 2.65. The summed E-state index contributed by atoms with van der Waals surface area (Å²) >= 11 is 1.60. The minimum absolute atomic E-state index is 0.0797. The zero-order valence-electron chi connectivity index (χ0n) is 12.2. The molecule has 0 saturated carbocycles. The van der Waals surface area contributed by atoms with Crippen LogP contribution in [0, 0.1) is 5.82 Å². The number of rotatable bonds is 6. The van der Waals surface area contributed by atoms with E-state index in [1.807, 2.05) is 17.5 Å². The van der Waals surface area contributed by atoms with Crippen molar-refractivity contribution in [2.45, 2.75) is 19.4 Å². The van der Waals surface area contributed by atoms with Crippen LogP contribution in [0.25, 0.3) is 11.4 Å². The number of amides is 1. The second kappa shape index (κ2) is 7.15. The highest BCUT2D eigenvalue weighted by Crippen LogP contribution is 2.17. The molecule has 0 aliphatic carbocycles. The third-order valence-corrected chi connectivity index (χ3v) is 4.03. The number of nitrogens with zero attached hydrogens (tertiary/aromatic N) is 2. The Morgan fingerprint density at radius 2 is 2.22 bits per heavy atom. The van der Waals surface area contributed by atoms with Gasteiger partial charge in [0, 0.05) is 23.3 Å². The molecule has 0 atom stereocenters. The van der Waals surface area contributed by atoms with E-state index in [1.165, 1.54) is 12.1 Å². The van der Waals surface area contributed by atoms with E-state index in [9.17, 15) is 9.18 Å². The summed E-state index contributed by atoms with van der Waals surface area (Å²) in [6.07, 6.45) is 0.606. The number of nitrogens with one attached hydrogen (secondary N) is 1. The minimum Gasteiger partial charge on any atom is -0.351 e. The molecule has 0 fully saturated rings. The Balaban J connectivity index is 1.52. The van der Waals surface area contributed by atoms with Crippen molar-refractivity contribution < 1.29 is 13.7 Å². The van der Waals surface area contributed by atoms with Crippen molar-refractivity contribution in [1.82, 2.24) is 15.5 Å². The molecule has 0 spiro atoms. The van der Waals surface area contributed by atoms with Gasteiger partial charge in [0.15, 0.2) is 0 Å². The molecule has 1 aromatic carbocycles. The van der Waals surface area contributed by atoms with Crippen molar-refractivity contribution in [3.05, 3.63) is 58.4 Å². The van der Waals surface area contributed by atoms with E-state index in [-0.39, 0.29) is 18.1 Å². The van der Waals surface area contributed by atoms with Crippen molar-refractivity contribution in [3.8, 4) is 11.4 Å². The molecule has 1 amide bonds. The normalized spacial score (nSPS) is 10.7. The van der Waals surface area contributed by atoms with Crippen molar-refractivity contribution in [1.29, 1.82) is 0 Å². The van der Waals surface area contributed by atoms with Crippen LogP contribution < -0.4 is 5.32 Å². The van der Waals surface area contributed by atoms with Gasteiger partial charge in [0.2, 0.25) is 17.6 Å². The Labute approximate surface area is 136 Å². The van der Waals surface area contributed by atoms with E-state index < -0.39 is 0 Å². The molecule has 3 rings (SSSR count). The zero-order valence-corrected chi connectivity index (χ0v) is 13.0. The SMILES string of the molecule is O=C(CCc1nc(-c2cccc(F)c2)no1)NCc1cccs1. The average Bonchev–Trinajstić information content (AvgIpc) is 3.22. The monoisotopic (exact) mass is 331 g/mol. The van der Waals surface area contributed by atoms with Crippen molar-refractivity contribution >= 4 is 17.2 Å². The van der Waals surface area contributed by atoms with Crippen LogP contribution in [0.3, 0.4) is 0 Å². The standard InChI is InChI=1S/C16H14FN3O2S/c17-12-4-1-3-11(9-12)16-19-15(22-20-16)7-6-14(21)18-10-13-5-2-8-23-13/h1-5,8-9H,6-7,10H2,(H,18,21). The summed E-state index contributed by atoms with van der Waals surface area (Å²) in [6, 6.07) is 9.88. The predicted octanol–water partition coefficient (Wildman–Crippen LogP) is 3.19. The fraction of sp³-hybridized carbons (Fsp3) is 0.188. The second-order valence-corrected chi connectivity index (χ2v) is 5.91. The van der Waals surface area contributed by atoms with Crippen molar-refractivity contribution in [3.63, 3.8) is 0 Å². The number of carbonyl (C=O) groups is 1. The van der Waals surface area contributed by atoms with Crippen LogP contribution in [0.15, 0.2) is 46.3 Å². The lowest BCUT2D eigenvalue weighted by Crippen LogP contribution is -2.22. The highest BCUT2D eigenvalue weighted by molar-refractivity contribution is 7.09. The van der Waals surface area contributed by atoms with Gasteiger partial charge < -0.3 is 9.84 Å². The molecule has 23 heavy (non-hydrogen) atoms. The van der Waals surface area contributed by atoms with Gasteiger partial charge in [0.1, 0.15) is 5.82 Å². The number of hydrogen-bond acceptors (Lipinski definition) is 5. The number of thiophene rings is 1. The maximum atomic E-state index is 13.2. The summed E-state index contributed by atoms with van der Waals surface area (Å²) in [5.74, 6) is 0.236. The Bertz CT molecular complexity index is 786. The first-order valence-corrected chi connectivity index (χ1v) is 7.96. The first-order chi connectivity index (χ1) is 11.2. The Hall–Kier alpha value is -2.54. The van der Waals surface area contributed by atoms with Gasteiger partial charge in [-0.1, -0.05) is 23.4 Å². The number of aromatic nitrogens is 2. The Kier molecular flexibility index (Phi) is 4.77. The third kappa shape index (κ3) is 4.23. The summed E-state index contributed by atoms with van der Waals surface area (Å²) in [7, 11) is 0. The molecule has 0 bridgehead atoms. The smallest absolute Gasteiger partial charge is 0.227 e. The maximum absolute atomic E-state index is 13.2. The van der Waals surface area contributed by atoms with Gasteiger partial charge in [0.05, 0.1) is 6.54 Å². The largest absolute Gasteiger partial charge is 0.351 e. The van der Waals surface area contributed by atoms with E-state index in [2.05, 4.69) is 15.5 Å². The molecule has 0 radical (unpaired) electrons. The minimum atomic E-state index is -0.359. The third-order valence-electron chi connectivity index (χ3n) is 3.16. The quantitative estimate of drug-likeness (QED) is 0.753. The number of hydrogen-bond donors (Lipinski definition) is 1. The molecule has 5 nitrogen and oxygen atoms in total. The Morgan fingerprint density at radius 1 is 1.30 bits per heavy atom. The summed E-state index contributed by atoms with van der Waals surface area (Å²) in [5, 5.41) is 8.61. The molecule has 118 valence electrons. The molecule has 0 aliphatic rings. The van der Waals surface area contributed by atoms with Gasteiger partial charge in [0.25, 0.3) is 0 Å². The predicted molar refractivity (Wildman–Crippen MR) is 84.2 cm³/mol. The number of aryl methyl sites for hydroxylation is 1. The molecule has 0 saturated heterocycles. The second-order valence-electron chi connectivity index (χ2n) is 4.88. The van der Waals surface area contributed by atoms with Crippen LogP contribution >= 0.6 is 11.3 Å². The van der Waals surface area contributed by atoms with E-state index >= 15 is 0 Å². The molecule has 2 heterocycles. The van der Waals surface area contributed by atoms with E-state index in [1.54, 1.807) is 23.5 Å². The van der Waals surface area contributed by atoms with E-state index in [0.29, 0.717) is 30.2 Å². The molecule has 1 N–H and O–H groups in total. The number of carbonyl (C=O) groups excluding carboxylic acids is 1.